The van der Waals surface area contributed by atoms with Crippen LogP contribution < -0.4 is 10.6 Å². The molecule has 4 aromatic carbocycles. The van der Waals surface area contributed by atoms with Crippen molar-refractivity contribution in [2.75, 3.05) is 17.7 Å². The Morgan fingerprint density at radius 3 is 2.32 bits per heavy atom. The zero-order valence-corrected chi connectivity index (χ0v) is 27.4. The van der Waals surface area contributed by atoms with Crippen LogP contribution in [0.2, 0.25) is 0 Å². The molecule has 5 rings (SSSR count). The van der Waals surface area contributed by atoms with Crippen molar-refractivity contribution >= 4 is 29.4 Å². The molecule has 3 N–H and O–H groups in total. The Morgan fingerprint density at radius 1 is 0.936 bits per heavy atom. The highest BCUT2D eigenvalue weighted by Crippen LogP contribution is 2.43. The Bertz CT molecular complexity index is 1640. The van der Waals surface area contributed by atoms with E-state index in [2.05, 4.69) is 24.1 Å². The van der Waals surface area contributed by atoms with Gasteiger partial charge in [-0.3, -0.25) is 4.79 Å². The van der Waals surface area contributed by atoms with Crippen LogP contribution >= 0.6 is 11.8 Å². The third kappa shape index (κ3) is 9.11. The van der Waals surface area contributed by atoms with Crippen LogP contribution in [0.25, 0.3) is 11.1 Å². The van der Waals surface area contributed by atoms with Crippen molar-refractivity contribution < 1.29 is 28.9 Å². The molecule has 1 fully saturated rings. The van der Waals surface area contributed by atoms with E-state index in [4.69, 9.17) is 14.2 Å². The molecule has 0 spiro atoms. The normalized spacial score (nSPS) is 19.0. The Kier molecular flexibility index (Phi) is 11.9. The van der Waals surface area contributed by atoms with Crippen LogP contribution in [0.4, 0.5) is 10.5 Å². The van der Waals surface area contributed by atoms with Crippen LogP contribution in [0.15, 0.2) is 115 Å². The van der Waals surface area contributed by atoms with Crippen LogP contribution in [-0.4, -0.2) is 35.6 Å². The number of rotatable bonds is 12. The third-order valence-corrected chi connectivity index (χ3v) is 9.08. The molecule has 244 valence electrons. The fourth-order valence-electron chi connectivity index (χ4n) is 5.45. The van der Waals surface area contributed by atoms with Crippen molar-refractivity contribution in [1.29, 1.82) is 0 Å². The Hall–Kier alpha value is -4.41. The molecular weight excluding hydrogens is 612 g/mol. The SMILES string of the molecule is C=CCOC(=O)NCc1ccccc1-c1ccc([C@@H]2O[C@H](CSc3ccc(NC(C)=O)cc3)[C@H](C)[C@H](c3ccc(CO)cc3)O2)cc1. The number of anilines is 1. The lowest BCUT2D eigenvalue weighted by molar-refractivity contribution is -0.268. The minimum Gasteiger partial charge on any atom is -0.445 e. The van der Waals surface area contributed by atoms with Gasteiger partial charge in [-0.05, 0) is 52.1 Å². The first-order valence-electron chi connectivity index (χ1n) is 15.6. The average Bonchev–Trinajstić information content (AvgIpc) is 3.10. The van der Waals surface area contributed by atoms with Crippen molar-refractivity contribution in [3.63, 3.8) is 0 Å². The molecule has 0 radical (unpaired) electrons. The maximum atomic E-state index is 12.0. The summed E-state index contributed by atoms with van der Waals surface area (Å²) in [7, 11) is 0. The summed E-state index contributed by atoms with van der Waals surface area (Å²) in [5.41, 5.74) is 6.50. The molecule has 0 unspecified atom stereocenters. The second kappa shape index (κ2) is 16.4. The molecule has 4 aromatic rings. The van der Waals surface area contributed by atoms with Crippen molar-refractivity contribution in [2.45, 2.75) is 50.4 Å². The average molecular weight is 653 g/mol. The van der Waals surface area contributed by atoms with E-state index in [1.54, 1.807) is 11.8 Å². The van der Waals surface area contributed by atoms with E-state index < -0.39 is 12.4 Å². The van der Waals surface area contributed by atoms with Gasteiger partial charge in [-0.25, -0.2) is 4.79 Å². The number of hydrogen-bond acceptors (Lipinski definition) is 7. The summed E-state index contributed by atoms with van der Waals surface area (Å²) in [6.45, 7) is 7.67. The number of ether oxygens (including phenoxy) is 3. The van der Waals surface area contributed by atoms with Crippen molar-refractivity contribution in [1.82, 2.24) is 5.32 Å². The molecule has 1 aliphatic heterocycles. The second-order valence-electron chi connectivity index (χ2n) is 11.4. The second-order valence-corrected chi connectivity index (χ2v) is 12.5. The van der Waals surface area contributed by atoms with E-state index >= 15 is 0 Å². The van der Waals surface area contributed by atoms with Gasteiger partial charge in [0, 0.05) is 41.3 Å². The van der Waals surface area contributed by atoms with Crippen molar-refractivity contribution in [3.05, 3.63) is 132 Å². The lowest BCUT2D eigenvalue weighted by Gasteiger charge is -2.41. The van der Waals surface area contributed by atoms with Crippen LogP contribution in [-0.2, 0) is 32.2 Å². The molecule has 9 heteroatoms. The first-order valence-corrected chi connectivity index (χ1v) is 16.5. The molecule has 1 heterocycles. The van der Waals surface area contributed by atoms with Gasteiger partial charge >= 0.3 is 6.09 Å². The largest absolute Gasteiger partial charge is 0.445 e. The van der Waals surface area contributed by atoms with Crippen molar-refractivity contribution in [2.24, 2.45) is 5.92 Å². The Balaban J connectivity index is 1.34. The molecule has 0 aromatic heterocycles. The van der Waals surface area contributed by atoms with Gasteiger partial charge in [-0.1, -0.05) is 92.4 Å². The first kappa shape index (κ1) is 33.9. The zero-order valence-electron chi connectivity index (χ0n) is 26.6. The molecule has 1 aliphatic rings. The van der Waals surface area contributed by atoms with Crippen LogP contribution in [0.1, 0.15) is 48.5 Å². The summed E-state index contributed by atoms with van der Waals surface area (Å²) in [6.07, 6.45) is 0.101. The topological polar surface area (TPSA) is 106 Å². The fourth-order valence-corrected chi connectivity index (χ4v) is 6.52. The van der Waals surface area contributed by atoms with E-state index in [0.717, 1.165) is 44.0 Å². The molecule has 47 heavy (non-hydrogen) atoms. The van der Waals surface area contributed by atoms with Crippen LogP contribution in [0, 0.1) is 5.92 Å². The predicted octanol–water partition coefficient (Wildman–Crippen LogP) is 7.80. The van der Waals surface area contributed by atoms with Gasteiger partial charge in [0.05, 0.1) is 18.8 Å². The van der Waals surface area contributed by atoms with E-state index in [0.29, 0.717) is 12.3 Å². The predicted molar refractivity (Wildman–Crippen MR) is 185 cm³/mol. The number of benzene rings is 4. The number of alkyl carbamates (subject to hydrolysis) is 1. The van der Waals surface area contributed by atoms with Gasteiger partial charge in [0.15, 0.2) is 6.29 Å². The van der Waals surface area contributed by atoms with Crippen LogP contribution in [0.3, 0.4) is 0 Å². The molecular formula is C38H40N2O6S. The van der Waals surface area contributed by atoms with E-state index in [-0.39, 0.29) is 37.2 Å². The van der Waals surface area contributed by atoms with Gasteiger partial charge in [0.2, 0.25) is 5.91 Å². The van der Waals surface area contributed by atoms with Crippen molar-refractivity contribution in [3.8, 4) is 11.1 Å². The van der Waals surface area contributed by atoms with E-state index in [9.17, 15) is 14.7 Å². The molecule has 4 atom stereocenters. The lowest BCUT2D eigenvalue weighted by Crippen LogP contribution is -2.38. The minimum absolute atomic E-state index is 0.0159. The summed E-state index contributed by atoms with van der Waals surface area (Å²) < 4.78 is 18.3. The Morgan fingerprint density at radius 2 is 1.64 bits per heavy atom. The number of amides is 2. The molecule has 1 saturated heterocycles. The fraction of sp³-hybridized carbons (Fsp3) is 0.263. The monoisotopic (exact) mass is 652 g/mol. The van der Waals surface area contributed by atoms with Gasteiger partial charge in [0.25, 0.3) is 0 Å². The number of nitrogens with one attached hydrogen (secondary N) is 2. The maximum absolute atomic E-state index is 12.0. The maximum Gasteiger partial charge on any atom is 0.407 e. The lowest BCUT2D eigenvalue weighted by atomic mass is 9.91. The molecule has 2 amide bonds. The van der Waals surface area contributed by atoms with Gasteiger partial charge in [-0.15, -0.1) is 11.8 Å². The summed E-state index contributed by atoms with van der Waals surface area (Å²) in [6, 6.07) is 31.7. The smallest absolute Gasteiger partial charge is 0.407 e. The van der Waals surface area contributed by atoms with Gasteiger partial charge < -0.3 is 30.0 Å². The number of carbonyl (C=O) groups excluding carboxylic acids is 2. The van der Waals surface area contributed by atoms with Gasteiger partial charge in [0.1, 0.15) is 6.61 Å². The standard InChI is InChI=1S/C38H40N2O6S/c1-4-21-44-38(43)39-22-31-7-5-6-8-34(31)28-13-15-30(16-14-28)37-45-35(24-47-33-19-17-32(18-20-33)40-26(3)42)25(2)36(46-37)29-11-9-27(23-41)10-12-29/h4-20,25,35-37,41H,1,21-24H2,2-3H3,(H,39,43)(H,40,42)/t25-,35+,36+,37+/m0/s1. The molecule has 0 saturated carbocycles. The summed E-state index contributed by atoms with van der Waals surface area (Å²) >= 11 is 1.70. The third-order valence-electron chi connectivity index (χ3n) is 7.98. The highest BCUT2D eigenvalue weighted by molar-refractivity contribution is 7.99. The highest BCUT2D eigenvalue weighted by atomic mass is 32.2. The quantitative estimate of drug-likeness (QED) is 0.106. The molecule has 0 aliphatic carbocycles. The van der Waals surface area contributed by atoms with Gasteiger partial charge in [-0.2, -0.15) is 0 Å². The summed E-state index contributed by atoms with van der Waals surface area (Å²) in [4.78, 5) is 24.5. The number of carbonyl (C=O) groups is 2. The molecule has 0 bridgehead atoms. The number of thioether (sulfide) groups is 1. The summed E-state index contributed by atoms with van der Waals surface area (Å²) in [5, 5.41) is 15.2. The number of hydrogen-bond donors (Lipinski definition) is 3. The highest BCUT2D eigenvalue weighted by Gasteiger charge is 2.38. The minimum atomic E-state index is -0.591. The number of aliphatic hydroxyl groups is 1. The zero-order chi connectivity index (χ0) is 33.2. The van der Waals surface area contributed by atoms with E-state index in [1.165, 1.54) is 13.0 Å². The van der Waals surface area contributed by atoms with Crippen LogP contribution in [0.5, 0.6) is 0 Å². The molecule has 8 nitrogen and oxygen atoms in total. The van der Waals surface area contributed by atoms with E-state index in [1.807, 2.05) is 97.1 Å². The summed E-state index contributed by atoms with van der Waals surface area (Å²) in [5.74, 6) is 0.656. The Labute approximate surface area is 280 Å². The number of aliphatic hydroxyl groups excluding tert-OH is 1. The first-order chi connectivity index (χ1) is 22.8.